The first-order chi connectivity index (χ1) is 15.7. The molecule has 0 spiro atoms. The third kappa shape index (κ3) is 4.55. The summed E-state index contributed by atoms with van der Waals surface area (Å²) in [5.41, 5.74) is 4.02. The van der Waals surface area contributed by atoms with Crippen molar-refractivity contribution in [1.82, 2.24) is 19.9 Å². The van der Waals surface area contributed by atoms with E-state index in [1.54, 1.807) is 23.5 Å². The molecule has 0 unspecified atom stereocenters. The fraction of sp³-hybridized carbons (Fsp3) is 0.391. The number of benzene rings is 2. The minimum atomic E-state index is 0.111. The normalized spacial score (nSPS) is 15.2. The second-order valence-corrected chi connectivity index (χ2v) is 9.81. The molecule has 1 aliphatic heterocycles. The molecular weight excluding hydrogens is 444 g/mol. The van der Waals surface area contributed by atoms with Gasteiger partial charge < -0.3 is 24.2 Å². The van der Waals surface area contributed by atoms with Crippen LogP contribution in [0.25, 0.3) is 22.1 Å². The standard InChI is InChI=1S/C23H26N4O3S2/c1-3-29-15-5-7-17-19(9-15)26-21(24-17)31-13-23(11-28-12-23)14-32-22-25-18-8-6-16(30-4-2)10-20(18)27-22/h5-10H,3-4,11-14H2,1-2H3,(H,24,26)(H,25,27). The molecule has 1 fully saturated rings. The maximum atomic E-state index is 5.60. The molecule has 0 bridgehead atoms. The summed E-state index contributed by atoms with van der Waals surface area (Å²) in [6.45, 7) is 6.80. The molecule has 7 nitrogen and oxygen atoms in total. The number of aromatic nitrogens is 4. The Morgan fingerprint density at radius 1 is 0.844 bits per heavy atom. The molecule has 0 atom stereocenters. The Morgan fingerprint density at radius 2 is 1.34 bits per heavy atom. The number of ether oxygens (including phenoxy) is 3. The van der Waals surface area contributed by atoms with Crippen molar-refractivity contribution in [3.8, 4) is 11.5 Å². The van der Waals surface area contributed by atoms with Gasteiger partial charge in [-0.1, -0.05) is 23.5 Å². The zero-order chi connectivity index (χ0) is 22.0. The van der Waals surface area contributed by atoms with Crippen LogP contribution in [0.3, 0.4) is 0 Å². The molecule has 9 heteroatoms. The largest absolute Gasteiger partial charge is 0.494 e. The number of H-pyrrole nitrogens is 2. The highest BCUT2D eigenvalue weighted by atomic mass is 32.2. The van der Waals surface area contributed by atoms with Crippen LogP contribution in [0.2, 0.25) is 0 Å². The zero-order valence-corrected chi connectivity index (χ0v) is 19.8. The van der Waals surface area contributed by atoms with E-state index in [4.69, 9.17) is 24.2 Å². The highest BCUT2D eigenvalue weighted by Gasteiger charge is 2.39. The van der Waals surface area contributed by atoms with Crippen LogP contribution in [0.1, 0.15) is 13.8 Å². The SMILES string of the molecule is CCOc1ccc2nc(SCC3(CSc4nc5ccc(OCC)cc5[nH]4)COC3)[nH]c2c1. The van der Waals surface area contributed by atoms with Crippen molar-refractivity contribution >= 4 is 45.6 Å². The van der Waals surface area contributed by atoms with Crippen LogP contribution < -0.4 is 9.47 Å². The van der Waals surface area contributed by atoms with Crippen molar-refractivity contribution in [2.75, 3.05) is 37.9 Å². The van der Waals surface area contributed by atoms with Crippen LogP contribution in [0, 0.1) is 5.41 Å². The number of thioether (sulfide) groups is 2. The summed E-state index contributed by atoms with van der Waals surface area (Å²) < 4.78 is 16.8. The number of aromatic amines is 2. The summed E-state index contributed by atoms with van der Waals surface area (Å²) in [6.07, 6.45) is 0. The maximum Gasteiger partial charge on any atom is 0.166 e. The molecule has 0 amide bonds. The fourth-order valence-corrected chi connectivity index (χ4v) is 5.86. The van der Waals surface area contributed by atoms with Crippen molar-refractivity contribution in [2.24, 2.45) is 5.41 Å². The molecule has 2 aromatic carbocycles. The molecule has 4 aromatic rings. The van der Waals surface area contributed by atoms with Crippen LogP contribution in [-0.2, 0) is 4.74 Å². The molecule has 0 saturated carbocycles. The van der Waals surface area contributed by atoms with Crippen LogP contribution in [-0.4, -0.2) is 57.9 Å². The molecule has 3 heterocycles. The third-order valence-corrected chi connectivity index (χ3v) is 7.78. The molecular formula is C23H26N4O3S2. The van der Waals surface area contributed by atoms with Gasteiger partial charge in [0.15, 0.2) is 10.3 Å². The number of nitrogens with zero attached hydrogens (tertiary/aromatic N) is 2. The highest BCUT2D eigenvalue weighted by Crippen LogP contribution is 2.39. The Labute approximate surface area is 195 Å². The lowest BCUT2D eigenvalue weighted by Crippen LogP contribution is -2.46. The fourth-order valence-electron chi connectivity index (χ4n) is 3.62. The van der Waals surface area contributed by atoms with E-state index >= 15 is 0 Å². The number of imidazole rings is 2. The number of nitrogens with one attached hydrogen (secondary N) is 2. The average molecular weight is 471 g/mol. The Hall–Kier alpha value is -2.36. The van der Waals surface area contributed by atoms with E-state index in [1.807, 2.05) is 50.2 Å². The van der Waals surface area contributed by atoms with Crippen LogP contribution in [0.4, 0.5) is 0 Å². The topological polar surface area (TPSA) is 85.1 Å². The Bertz CT molecular complexity index is 1130. The summed E-state index contributed by atoms with van der Waals surface area (Å²) in [5, 5.41) is 1.86. The quantitative estimate of drug-likeness (QED) is 0.311. The smallest absolute Gasteiger partial charge is 0.166 e. The lowest BCUT2D eigenvalue weighted by molar-refractivity contribution is -0.0830. The maximum absolute atomic E-state index is 5.60. The minimum Gasteiger partial charge on any atom is -0.494 e. The van der Waals surface area contributed by atoms with Gasteiger partial charge in [-0.3, -0.25) is 0 Å². The summed E-state index contributed by atoms with van der Waals surface area (Å²) in [7, 11) is 0. The Balaban J connectivity index is 1.22. The lowest BCUT2D eigenvalue weighted by Gasteiger charge is -2.40. The predicted molar refractivity (Wildman–Crippen MR) is 129 cm³/mol. The van der Waals surface area contributed by atoms with Gasteiger partial charge in [-0.15, -0.1) is 0 Å². The van der Waals surface area contributed by atoms with Crippen LogP contribution >= 0.6 is 23.5 Å². The minimum absolute atomic E-state index is 0.111. The number of fused-ring (bicyclic) bond motifs is 2. The summed E-state index contributed by atoms with van der Waals surface area (Å²) in [5.74, 6) is 3.60. The van der Waals surface area contributed by atoms with Gasteiger partial charge in [0.05, 0.1) is 48.5 Å². The summed E-state index contributed by atoms with van der Waals surface area (Å²) >= 11 is 3.50. The molecule has 0 radical (unpaired) electrons. The van der Waals surface area contributed by atoms with Crippen molar-refractivity contribution in [1.29, 1.82) is 0 Å². The van der Waals surface area contributed by atoms with Gasteiger partial charge in [0, 0.05) is 29.1 Å². The summed E-state index contributed by atoms with van der Waals surface area (Å²) in [4.78, 5) is 16.3. The molecule has 1 saturated heterocycles. The van der Waals surface area contributed by atoms with E-state index in [0.29, 0.717) is 13.2 Å². The molecule has 5 rings (SSSR count). The molecule has 2 aromatic heterocycles. The van der Waals surface area contributed by atoms with Crippen molar-refractivity contribution in [3.05, 3.63) is 36.4 Å². The predicted octanol–water partition coefficient (Wildman–Crippen LogP) is 5.14. The first-order valence-corrected chi connectivity index (χ1v) is 12.7. The van der Waals surface area contributed by atoms with Gasteiger partial charge in [0.25, 0.3) is 0 Å². The van der Waals surface area contributed by atoms with E-state index < -0.39 is 0 Å². The molecule has 1 aliphatic rings. The van der Waals surface area contributed by atoms with Gasteiger partial charge in [-0.25, -0.2) is 9.97 Å². The average Bonchev–Trinajstić information content (AvgIpc) is 3.36. The van der Waals surface area contributed by atoms with Crippen LogP contribution in [0.15, 0.2) is 46.7 Å². The van der Waals surface area contributed by atoms with E-state index in [-0.39, 0.29) is 5.41 Å². The van der Waals surface area contributed by atoms with E-state index in [0.717, 1.165) is 68.6 Å². The number of hydrogen-bond donors (Lipinski definition) is 2. The van der Waals surface area contributed by atoms with Crippen molar-refractivity contribution in [3.63, 3.8) is 0 Å². The van der Waals surface area contributed by atoms with Crippen molar-refractivity contribution < 1.29 is 14.2 Å². The summed E-state index contributed by atoms with van der Waals surface area (Å²) in [6, 6.07) is 11.9. The van der Waals surface area contributed by atoms with Gasteiger partial charge in [-0.05, 0) is 38.1 Å². The monoisotopic (exact) mass is 470 g/mol. The van der Waals surface area contributed by atoms with Gasteiger partial charge in [0.2, 0.25) is 0 Å². The van der Waals surface area contributed by atoms with Gasteiger partial charge in [0.1, 0.15) is 11.5 Å². The molecule has 32 heavy (non-hydrogen) atoms. The van der Waals surface area contributed by atoms with E-state index in [9.17, 15) is 0 Å². The zero-order valence-electron chi connectivity index (χ0n) is 18.1. The Morgan fingerprint density at radius 3 is 1.75 bits per heavy atom. The van der Waals surface area contributed by atoms with Gasteiger partial charge >= 0.3 is 0 Å². The second kappa shape index (κ2) is 9.25. The van der Waals surface area contributed by atoms with Crippen molar-refractivity contribution in [2.45, 2.75) is 24.2 Å². The van der Waals surface area contributed by atoms with E-state index in [2.05, 4.69) is 9.97 Å². The number of hydrogen-bond acceptors (Lipinski definition) is 7. The first kappa shape index (κ1) is 21.5. The van der Waals surface area contributed by atoms with Gasteiger partial charge in [-0.2, -0.15) is 0 Å². The Kier molecular flexibility index (Phi) is 6.21. The molecule has 0 aliphatic carbocycles. The van der Waals surface area contributed by atoms with Crippen LogP contribution in [0.5, 0.6) is 11.5 Å². The molecule has 2 N–H and O–H groups in total. The molecule has 168 valence electrons. The highest BCUT2D eigenvalue weighted by molar-refractivity contribution is 8.00. The lowest BCUT2D eigenvalue weighted by atomic mass is 9.91. The third-order valence-electron chi connectivity index (χ3n) is 5.33. The first-order valence-electron chi connectivity index (χ1n) is 10.7. The number of rotatable bonds is 10. The van der Waals surface area contributed by atoms with E-state index in [1.165, 1.54) is 0 Å². The second-order valence-electron chi connectivity index (χ2n) is 7.88.